The number of nitrogens with zero attached hydrogens (tertiary/aromatic N) is 2. The smallest absolute Gasteiger partial charge is 0.183 e. The van der Waals surface area contributed by atoms with Crippen LogP contribution in [0.2, 0.25) is 0 Å². The number of hydrogen-bond donors (Lipinski definition) is 1. The number of nitrogens with one attached hydrogen (secondary N) is 1. The van der Waals surface area contributed by atoms with Crippen LogP contribution in [-0.2, 0) is 5.41 Å². The van der Waals surface area contributed by atoms with Crippen molar-refractivity contribution in [2.45, 2.75) is 43.9 Å². The molecule has 0 atom stereocenters. The molecule has 0 heterocycles. The van der Waals surface area contributed by atoms with Gasteiger partial charge in [-0.25, -0.2) is 4.99 Å². The van der Waals surface area contributed by atoms with Crippen LogP contribution in [0, 0.1) is 29.2 Å². The van der Waals surface area contributed by atoms with Crippen molar-refractivity contribution >= 4 is 22.6 Å². The van der Waals surface area contributed by atoms with Gasteiger partial charge in [-0.1, -0.05) is 11.8 Å². The molecular weight excluding hydrogens is 358 g/mol. The summed E-state index contributed by atoms with van der Waals surface area (Å²) in [7, 11) is 3.34. The van der Waals surface area contributed by atoms with E-state index in [0.29, 0.717) is 10.9 Å². The fourth-order valence-corrected chi connectivity index (χ4v) is 6.45. The minimum Gasteiger partial charge on any atom is -0.493 e. The number of methoxy groups -OCH3 is 2. The largest absolute Gasteiger partial charge is 0.493 e. The van der Waals surface area contributed by atoms with E-state index < -0.39 is 0 Å². The Labute approximate surface area is 165 Å². The molecule has 0 aliphatic heterocycles. The number of nitriles is 1. The van der Waals surface area contributed by atoms with E-state index in [1.807, 2.05) is 18.5 Å². The summed E-state index contributed by atoms with van der Waals surface area (Å²) < 4.78 is 11.2. The van der Waals surface area contributed by atoms with Crippen LogP contribution in [0.3, 0.4) is 0 Å². The summed E-state index contributed by atoms with van der Waals surface area (Å²) in [5, 5.41) is 12.3. The first kappa shape index (κ1) is 18.5. The Morgan fingerprint density at radius 1 is 1.11 bits per heavy atom. The van der Waals surface area contributed by atoms with E-state index in [1.165, 1.54) is 55.9 Å². The molecule has 1 aromatic rings. The van der Waals surface area contributed by atoms with Crippen molar-refractivity contribution < 1.29 is 9.47 Å². The monoisotopic (exact) mass is 385 g/mol. The first-order valence-electron chi connectivity index (χ1n) is 9.65. The third-order valence-electron chi connectivity index (χ3n) is 6.69. The van der Waals surface area contributed by atoms with Crippen LogP contribution in [0.4, 0.5) is 5.69 Å². The molecule has 4 fully saturated rings. The van der Waals surface area contributed by atoms with E-state index >= 15 is 0 Å². The third kappa shape index (κ3) is 3.27. The zero-order chi connectivity index (χ0) is 19.0. The molecule has 0 saturated heterocycles. The maximum atomic E-state index is 9.03. The molecule has 0 aromatic heterocycles. The molecule has 0 amide bonds. The molecular formula is C21H27N3O2S. The highest BCUT2D eigenvalue weighted by Crippen LogP contribution is 2.62. The van der Waals surface area contributed by atoms with E-state index in [4.69, 9.17) is 19.7 Å². The quantitative estimate of drug-likeness (QED) is 0.355. The van der Waals surface area contributed by atoms with Gasteiger partial charge in [0.25, 0.3) is 0 Å². The maximum absolute atomic E-state index is 9.03. The highest BCUT2D eigenvalue weighted by Gasteiger charge is 2.52. The molecule has 0 spiro atoms. The summed E-state index contributed by atoms with van der Waals surface area (Å²) >= 11 is 1.44. The first-order chi connectivity index (χ1) is 13.1. The molecule has 5 nitrogen and oxygen atoms in total. The number of thioether (sulfide) groups is 1. The van der Waals surface area contributed by atoms with E-state index in [0.717, 1.165) is 29.2 Å². The third-order valence-corrected chi connectivity index (χ3v) is 7.27. The predicted octanol–water partition coefficient (Wildman–Crippen LogP) is 4.59. The zero-order valence-corrected chi connectivity index (χ0v) is 17.1. The predicted molar refractivity (Wildman–Crippen MR) is 109 cm³/mol. The van der Waals surface area contributed by atoms with Crippen LogP contribution in [0.5, 0.6) is 11.5 Å². The van der Waals surface area contributed by atoms with E-state index in [2.05, 4.69) is 11.4 Å². The van der Waals surface area contributed by atoms with Crippen LogP contribution < -0.4 is 14.8 Å². The second-order valence-corrected chi connectivity index (χ2v) is 9.08. The molecule has 1 N–H and O–H groups in total. The van der Waals surface area contributed by atoms with Crippen LogP contribution in [0.15, 0.2) is 17.1 Å². The lowest BCUT2D eigenvalue weighted by atomic mass is 9.48. The zero-order valence-electron chi connectivity index (χ0n) is 16.2. The topological polar surface area (TPSA) is 66.6 Å². The van der Waals surface area contributed by atoms with Crippen LogP contribution in [0.25, 0.3) is 0 Å². The normalized spacial score (nSPS) is 31.5. The number of amidine groups is 1. The Morgan fingerprint density at radius 3 is 2.15 bits per heavy atom. The molecule has 144 valence electrons. The lowest BCUT2D eigenvalue weighted by molar-refractivity contribution is -0.00500. The second-order valence-electron chi connectivity index (χ2n) is 8.28. The molecule has 6 heteroatoms. The molecule has 5 rings (SSSR count). The Morgan fingerprint density at radius 2 is 1.67 bits per heavy atom. The summed E-state index contributed by atoms with van der Waals surface area (Å²) in [6.45, 7) is 0. The molecule has 0 radical (unpaired) electrons. The van der Waals surface area contributed by atoms with E-state index in [1.54, 1.807) is 14.2 Å². The van der Waals surface area contributed by atoms with Gasteiger partial charge in [-0.2, -0.15) is 5.26 Å². The van der Waals surface area contributed by atoms with Gasteiger partial charge in [0.05, 0.1) is 19.9 Å². The molecule has 4 aliphatic carbocycles. The van der Waals surface area contributed by atoms with Gasteiger partial charge in [0, 0.05) is 6.07 Å². The molecule has 4 aliphatic rings. The fourth-order valence-electron chi connectivity index (χ4n) is 6.11. The number of hydrogen-bond acceptors (Lipinski definition) is 5. The summed E-state index contributed by atoms with van der Waals surface area (Å²) in [5.74, 6) is 3.98. The minimum absolute atomic E-state index is 0.184. The highest BCUT2D eigenvalue weighted by molar-refractivity contribution is 8.13. The van der Waals surface area contributed by atoms with Crippen LogP contribution in [0.1, 0.15) is 44.1 Å². The lowest BCUT2D eigenvalue weighted by Gasteiger charge is -2.57. The Hall–Kier alpha value is -1.87. The van der Waals surface area contributed by atoms with Gasteiger partial charge in [0.15, 0.2) is 22.9 Å². The van der Waals surface area contributed by atoms with Crippen molar-refractivity contribution in [1.82, 2.24) is 5.32 Å². The van der Waals surface area contributed by atoms with Crippen molar-refractivity contribution in [3.05, 3.63) is 17.7 Å². The summed E-state index contributed by atoms with van der Waals surface area (Å²) in [6.07, 6.45) is 11.9. The average Bonchev–Trinajstić information content (AvgIpc) is 2.66. The van der Waals surface area contributed by atoms with E-state index in [-0.39, 0.29) is 5.41 Å². The number of aliphatic imine (C=N–C) groups is 1. The summed E-state index contributed by atoms with van der Waals surface area (Å²) in [4.78, 5) is 4.82. The Bertz CT molecular complexity index is 764. The van der Waals surface area contributed by atoms with Gasteiger partial charge in [-0.15, -0.1) is 0 Å². The van der Waals surface area contributed by atoms with Crippen molar-refractivity contribution in [2.75, 3.05) is 20.5 Å². The maximum Gasteiger partial charge on any atom is 0.183 e. The SMILES string of the molecule is COc1cc(N=C(NC#N)SC)c(C23CC4CC(CC(C4)C2)C3)cc1OC. The van der Waals surface area contributed by atoms with Crippen molar-refractivity contribution in [1.29, 1.82) is 5.26 Å². The standard InChI is InChI=1S/C21H27N3O2S/c1-25-18-7-16(17(8-19(18)26-2)24-20(27-3)23-12-22)21-9-13-4-14(10-21)6-15(5-13)11-21/h7-8,13-15H,4-6,9-11H2,1-3H3,(H,23,24). The molecule has 0 unspecified atom stereocenters. The van der Waals surface area contributed by atoms with Crippen molar-refractivity contribution in [2.24, 2.45) is 22.7 Å². The van der Waals surface area contributed by atoms with Crippen molar-refractivity contribution in [3.63, 3.8) is 0 Å². The molecule has 4 saturated carbocycles. The van der Waals surface area contributed by atoms with Crippen molar-refractivity contribution in [3.8, 4) is 17.7 Å². The molecule has 4 bridgehead atoms. The van der Waals surface area contributed by atoms with Gasteiger partial charge >= 0.3 is 0 Å². The average molecular weight is 386 g/mol. The fraction of sp³-hybridized carbons (Fsp3) is 0.619. The minimum atomic E-state index is 0.184. The number of ether oxygens (including phenoxy) is 2. The van der Waals surface area contributed by atoms with E-state index in [9.17, 15) is 0 Å². The molecule has 1 aromatic carbocycles. The van der Waals surface area contributed by atoms with Gasteiger partial charge < -0.3 is 9.47 Å². The van der Waals surface area contributed by atoms with Gasteiger partial charge in [0.2, 0.25) is 0 Å². The summed E-state index contributed by atoms with van der Waals surface area (Å²) in [5.41, 5.74) is 2.36. The number of benzene rings is 1. The van der Waals surface area contributed by atoms with Crippen LogP contribution >= 0.6 is 11.8 Å². The van der Waals surface area contributed by atoms with Gasteiger partial charge in [-0.3, -0.25) is 5.32 Å². The highest BCUT2D eigenvalue weighted by atomic mass is 32.2. The number of rotatable bonds is 4. The Balaban J connectivity index is 1.84. The van der Waals surface area contributed by atoms with Gasteiger partial charge in [0.1, 0.15) is 0 Å². The van der Waals surface area contributed by atoms with Crippen LogP contribution in [-0.4, -0.2) is 25.6 Å². The Kier molecular flexibility index (Phi) is 4.98. The first-order valence-corrected chi connectivity index (χ1v) is 10.9. The summed E-state index contributed by atoms with van der Waals surface area (Å²) in [6, 6.07) is 4.12. The van der Waals surface area contributed by atoms with Gasteiger partial charge in [-0.05, 0) is 79.6 Å². The molecule has 27 heavy (non-hydrogen) atoms. The second kappa shape index (κ2) is 7.27. The lowest BCUT2D eigenvalue weighted by Crippen LogP contribution is -2.48.